The first-order chi connectivity index (χ1) is 12.4. The number of H-pyrrole nitrogens is 1. The molecular weight excluding hydrogens is 376 g/mol. The summed E-state index contributed by atoms with van der Waals surface area (Å²) < 4.78 is 0. The number of aromatic amines is 1. The monoisotopic (exact) mass is 392 g/mol. The summed E-state index contributed by atoms with van der Waals surface area (Å²) >= 11 is 7.42. The second-order valence-electron chi connectivity index (χ2n) is 5.82. The number of nitrogens with zero attached hydrogens (tertiary/aromatic N) is 1. The van der Waals surface area contributed by atoms with Crippen molar-refractivity contribution in [1.29, 1.82) is 0 Å². The molecule has 1 atom stereocenters. The molecule has 0 aliphatic carbocycles. The number of rotatable bonds is 4. The average molecular weight is 393 g/mol. The Hall–Kier alpha value is -2.32. The SMILES string of the molecule is CCSc1nc2c(c(=O)[nH]1)[C@@H](C(=O)Nc1ccc(C)c(Cl)c1)CC(=O)N2. The first-order valence-corrected chi connectivity index (χ1v) is 9.39. The molecule has 2 heterocycles. The van der Waals surface area contributed by atoms with Crippen LogP contribution in [0.5, 0.6) is 0 Å². The van der Waals surface area contributed by atoms with Crippen molar-refractivity contribution in [2.75, 3.05) is 16.4 Å². The van der Waals surface area contributed by atoms with Crippen molar-refractivity contribution in [2.24, 2.45) is 0 Å². The lowest BCUT2D eigenvalue weighted by Gasteiger charge is -2.23. The molecule has 0 fully saturated rings. The van der Waals surface area contributed by atoms with E-state index in [0.29, 0.717) is 21.6 Å². The van der Waals surface area contributed by atoms with Crippen LogP contribution < -0.4 is 16.2 Å². The number of benzene rings is 1. The van der Waals surface area contributed by atoms with Crippen LogP contribution >= 0.6 is 23.4 Å². The van der Waals surface area contributed by atoms with Crippen molar-refractivity contribution >= 4 is 46.7 Å². The number of aromatic nitrogens is 2. The van der Waals surface area contributed by atoms with Gasteiger partial charge >= 0.3 is 0 Å². The van der Waals surface area contributed by atoms with Gasteiger partial charge in [0.2, 0.25) is 11.8 Å². The smallest absolute Gasteiger partial charge is 0.257 e. The summed E-state index contributed by atoms with van der Waals surface area (Å²) in [5.41, 5.74) is 1.13. The van der Waals surface area contributed by atoms with E-state index in [1.54, 1.807) is 18.2 Å². The van der Waals surface area contributed by atoms with Crippen molar-refractivity contribution in [3.8, 4) is 0 Å². The van der Waals surface area contributed by atoms with E-state index < -0.39 is 17.4 Å². The minimum Gasteiger partial charge on any atom is -0.325 e. The van der Waals surface area contributed by atoms with Crippen LogP contribution in [0.1, 0.15) is 30.4 Å². The largest absolute Gasteiger partial charge is 0.325 e. The van der Waals surface area contributed by atoms with Crippen LogP contribution in [-0.2, 0) is 9.59 Å². The second-order valence-corrected chi connectivity index (χ2v) is 7.48. The third kappa shape index (κ3) is 3.76. The number of hydrogen-bond donors (Lipinski definition) is 3. The fraction of sp³-hybridized carbons (Fsp3) is 0.294. The predicted octanol–water partition coefficient (Wildman–Crippen LogP) is 2.91. The van der Waals surface area contributed by atoms with E-state index in [4.69, 9.17) is 11.6 Å². The summed E-state index contributed by atoms with van der Waals surface area (Å²) in [6, 6.07) is 5.12. The Morgan fingerprint density at radius 2 is 2.19 bits per heavy atom. The molecule has 0 radical (unpaired) electrons. The van der Waals surface area contributed by atoms with Gasteiger partial charge in [0.15, 0.2) is 5.16 Å². The maximum absolute atomic E-state index is 12.7. The zero-order chi connectivity index (χ0) is 18.8. The van der Waals surface area contributed by atoms with Crippen molar-refractivity contribution in [3.05, 3.63) is 44.7 Å². The Morgan fingerprint density at radius 1 is 1.42 bits per heavy atom. The Balaban J connectivity index is 1.93. The summed E-state index contributed by atoms with van der Waals surface area (Å²) in [6.07, 6.45) is -0.122. The molecule has 1 aromatic heterocycles. The maximum Gasteiger partial charge on any atom is 0.257 e. The number of nitrogens with one attached hydrogen (secondary N) is 3. The van der Waals surface area contributed by atoms with Gasteiger partial charge in [0, 0.05) is 17.1 Å². The zero-order valence-electron chi connectivity index (χ0n) is 14.2. The molecule has 3 N–H and O–H groups in total. The Kier molecular flexibility index (Phi) is 5.33. The quantitative estimate of drug-likeness (QED) is 0.548. The van der Waals surface area contributed by atoms with E-state index in [2.05, 4.69) is 20.6 Å². The van der Waals surface area contributed by atoms with Crippen LogP contribution in [0.25, 0.3) is 0 Å². The Morgan fingerprint density at radius 3 is 2.88 bits per heavy atom. The molecule has 3 rings (SSSR count). The Labute approximate surface area is 158 Å². The summed E-state index contributed by atoms with van der Waals surface area (Å²) in [5, 5.41) is 6.22. The molecule has 0 saturated carbocycles. The number of anilines is 2. The lowest BCUT2D eigenvalue weighted by atomic mass is 9.92. The highest BCUT2D eigenvalue weighted by Crippen LogP contribution is 2.30. The number of hydrogen-bond acceptors (Lipinski definition) is 5. The molecule has 2 amide bonds. The number of fused-ring (bicyclic) bond motifs is 1. The van der Waals surface area contributed by atoms with Crippen LogP contribution in [0.3, 0.4) is 0 Å². The molecular formula is C17H17ClN4O3S. The lowest BCUT2D eigenvalue weighted by Crippen LogP contribution is -2.36. The number of amides is 2. The number of aryl methyl sites for hydroxylation is 1. The highest BCUT2D eigenvalue weighted by atomic mass is 35.5. The van der Waals surface area contributed by atoms with E-state index in [0.717, 1.165) is 5.56 Å². The highest BCUT2D eigenvalue weighted by Gasteiger charge is 2.34. The summed E-state index contributed by atoms with van der Waals surface area (Å²) in [6.45, 7) is 3.78. The van der Waals surface area contributed by atoms with Crippen LogP contribution in [0.4, 0.5) is 11.5 Å². The van der Waals surface area contributed by atoms with Crippen LogP contribution in [0.15, 0.2) is 28.2 Å². The van der Waals surface area contributed by atoms with Crippen LogP contribution in [0, 0.1) is 6.92 Å². The van der Waals surface area contributed by atoms with E-state index in [9.17, 15) is 14.4 Å². The minimum atomic E-state index is -0.921. The summed E-state index contributed by atoms with van der Waals surface area (Å²) in [5.74, 6) is -0.874. The normalized spacial score (nSPS) is 16.0. The van der Waals surface area contributed by atoms with Gasteiger partial charge in [-0.2, -0.15) is 0 Å². The molecule has 0 bridgehead atoms. The van der Waals surface area contributed by atoms with Crippen molar-refractivity contribution < 1.29 is 9.59 Å². The maximum atomic E-state index is 12.7. The van der Waals surface area contributed by atoms with Gasteiger partial charge in [0.1, 0.15) is 5.82 Å². The molecule has 0 unspecified atom stereocenters. The molecule has 9 heteroatoms. The number of carbonyl (C=O) groups excluding carboxylic acids is 2. The first kappa shape index (κ1) is 18.5. The van der Waals surface area contributed by atoms with Gasteiger partial charge in [0.05, 0.1) is 11.5 Å². The Bertz CT molecular complexity index is 944. The summed E-state index contributed by atoms with van der Waals surface area (Å²) in [7, 11) is 0. The molecule has 136 valence electrons. The molecule has 1 aliphatic rings. The second kappa shape index (κ2) is 7.51. The van der Waals surface area contributed by atoms with Gasteiger partial charge in [-0.15, -0.1) is 0 Å². The van der Waals surface area contributed by atoms with Crippen LogP contribution in [-0.4, -0.2) is 27.5 Å². The van der Waals surface area contributed by atoms with E-state index >= 15 is 0 Å². The molecule has 7 nitrogen and oxygen atoms in total. The molecule has 26 heavy (non-hydrogen) atoms. The van der Waals surface area contributed by atoms with E-state index in [-0.39, 0.29) is 23.7 Å². The predicted molar refractivity (Wildman–Crippen MR) is 102 cm³/mol. The third-order valence-electron chi connectivity index (χ3n) is 3.97. The minimum absolute atomic E-state index is 0.122. The fourth-order valence-corrected chi connectivity index (χ4v) is 3.45. The summed E-state index contributed by atoms with van der Waals surface area (Å²) in [4.78, 5) is 44.1. The van der Waals surface area contributed by atoms with E-state index in [1.807, 2.05) is 13.8 Å². The number of carbonyl (C=O) groups is 2. The van der Waals surface area contributed by atoms with Gasteiger partial charge in [-0.1, -0.05) is 36.4 Å². The molecule has 2 aromatic rings. The molecule has 1 aliphatic heterocycles. The van der Waals surface area contributed by atoms with Gasteiger partial charge in [0.25, 0.3) is 5.56 Å². The third-order valence-corrected chi connectivity index (χ3v) is 5.13. The molecule has 1 aromatic carbocycles. The highest BCUT2D eigenvalue weighted by molar-refractivity contribution is 7.99. The van der Waals surface area contributed by atoms with Crippen molar-refractivity contribution in [2.45, 2.75) is 31.3 Å². The van der Waals surface area contributed by atoms with Gasteiger partial charge in [-0.3, -0.25) is 14.4 Å². The van der Waals surface area contributed by atoms with E-state index in [1.165, 1.54) is 11.8 Å². The number of halogens is 1. The average Bonchev–Trinajstić information content (AvgIpc) is 2.57. The number of thioether (sulfide) groups is 1. The standard InChI is InChI=1S/C17H17ClN4O3S/c1-3-26-17-21-14-13(16(25)22-17)10(7-12(23)20-14)15(24)19-9-5-4-8(2)11(18)6-9/h4-6,10H,3,7H2,1-2H3,(H,19,24)(H2,20,21,22,23,25)/t10-/m0/s1. The fourth-order valence-electron chi connectivity index (χ4n) is 2.68. The van der Waals surface area contributed by atoms with Gasteiger partial charge in [-0.25, -0.2) is 4.98 Å². The molecule has 0 saturated heterocycles. The van der Waals surface area contributed by atoms with Gasteiger partial charge in [-0.05, 0) is 30.4 Å². The van der Waals surface area contributed by atoms with Gasteiger partial charge < -0.3 is 15.6 Å². The zero-order valence-corrected chi connectivity index (χ0v) is 15.8. The lowest BCUT2D eigenvalue weighted by molar-refractivity contribution is -0.123. The molecule has 0 spiro atoms. The van der Waals surface area contributed by atoms with Crippen molar-refractivity contribution in [3.63, 3.8) is 0 Å². The van der Waals surface area contributed by atoms with Crippen molar-refractivity contribution in [1.82, 2.24) is 9.97 Å². The topological polar surface area (TPSA) is 104 Å². The van der Waals surface area contributed by atoms with Crippen LogP contribution in [0.2, 0.25) is 5.02 Å². The first-order valence-electron chi connectivity index (χ1n) is 8.03.